The Kier molecular flexibility index (Phi) is 4.74. The van der Waals surface area contributed by atoms with E-state index in [1.165, 1.54) is 0 Å². The van der Waals surface area contributed by atoms with Crippen molar-refractivity contribution in [1.82, 2.24) is 5.32 Å². The SMILES string of the molecule is CC(Oc1ccc(-c2ccccc2)cc1)C(=O)NCC1(C(=O)O)CC1. The van der Waals surface area contributed by atoms with Crippen molar-refractivity contribution in [3.05, 3.63) is 54.6 Å². The molecule has 0 bridgehead atoms. The number of rotatable bonds is 7. The molecule has 25 heavy (non-hydrogen) atoms. The minimum atomic E-state index is -0.849. The van der Waals surface area contributed by atoms with Crippen LogP contribution in [-0.4, -0.2) is 29.6 Å². The molecule has 3 rings (SSSR count). The van der Waals surface area contributed by atoms with Crippen molar-refractivity contribution >= 4 is 11.9 Å². The van der Waals surface area contributed by atoms with Gasteiger partial charge in [0, 0.05) is 6.54 Å². The van der Waals surface area contributed by atoms with E-state index in [4.69, 9.17) is 9.84 Å². The highest BCUT2D eigenvalue weighted by atomic mass is 16.5. The third-order valence-electron chi connectivity index (χ3n) is 4.55. The molecule has 1 atom stereocenters. The van der Waals surface area contributed by atoms with Crippen LogP contribution in [0.4, 0.5) is 0 Å². The number of carbonyl (C=O) groups excluding carboxylic acids is 1. The lowest BCUT2D eigenvalue weighted by atomic mass is 10.1. The molecule has 0 saturated heterocycles. The summed E-state index contributed by atoms with van der Waals surface area (Å²) >= 11 is 0. The number of nitrogens with one attached hydrogen (secondary N) is 1. The molecule has 130 valence electrons. The summed E-state index contributed by atoms with van der Waals surface area (Å²) in [5.74, 6) is -0.556. The summed E-state index contributed by atoms with van der Waals surface area (Å²) < 4.78 is 5.65. The smallest absolute Gasteiger partial charge is 0.311 e. The first-order chi connectivity index (χ1) is 12.0. The molecule has 5 heteroatoms. The van der Waals surface area contributed by atoms with E-state index in [-0.39, 0.29) is 12.5 Å². The van der Waals surface area contributed by atoms with Gasteiger partial charge in [0.25, 0.3) is 5.91 Å². The van der Waals surface area contributed by atoms with E-state index in [1.807, 2.05) is 54.6 Å². The van der Waals surface area contributed by atoms with Gasteiger partial charge in [-0.05, 0) is 43.0 Å². The molecule has 1 amide bonds. The number of amides is 1. The van der Waals surface area contributed by atoms with Gasteiger partial charge >= 0.3 is 5.97 Å². The van der Waals surface area contributed by atoms with Gasteiger partial charge in [0.05, 0.1) is 5.41 Å². The maximum atomic E-state index is 12.1. The van der Waals surface area contributed by atoms with Gasteiger partial charge in [0.15, 0.2) is 6.10 Å². The van der Waals surface area contributed by atoms with E-state index < -0.39 is 17.5 Å². The number of benzene rings is 2. The molecule has 2 N–H and O–H groups in total. The number of hydrogen-bond acceptors (Lipinski definition) is 3. The lowest BCUT2D eigenvalue weighted by Gasteiger charge is -2.17. The first kappa shape index (κ1) is 17.0. The van der Waals surface area contributed by atoms with Crippen LogP contribution in [0.25, 0.3) is 11.1 Å². The summed E-state index contributed by atoms with van der Waals surface area (Å²) in [4.78, 5) is 23.2. The van der Waals surface area contributed by atoms with E-state index in [0.717, 1.165) is 11.1 Å². The highest BCUT2D eigenvalue weighted by Gasteiger charge is 2.50. The lowest BCUT2D eigenvalue weighted by molar-refractivity contribution is -0.143. The van der Waals surface area contributed by atoms with Crippen LogP contribution in [0.5, 0.6) is 5.75 Å². The van der Waals surface area contributed by atoms with Gasteiger partial charge in [-0.1, -0.05) is 42.5 Å². The molecule has 1 saturated carbocycles. The Labute approximate surface area is 146 Å². The first-order valence-electron chi connectivity index (χ1n) is 8.33. The van der Waals surface area contributed by atoms with Crippen molar-refractivity contribution in [3.8, 4) is 16.9 Å². The molecule has 2 aromatic carbocycles. The second kappa shape index (κ2) is 6.97. The van der Waals surface area contributed by atoms with Crippen LogP contribution in [0.15, 0.2) is 54.6 Å². The molecule has 1 aliphatic rings. The van der Waals surface area contributed by atoms with E-state index in [9.17, 15) is 9.59 Å². The highest BCUT2D eigenvalue weighted by Crippen LogP contribution is 2.45. The van der Waals surface area contributed by atoms with Gasteiger partial charge < -0.3 is 15.2 Å². The molecule has 1 unspecified atom stereocenters. The maximum absolute atomic E-state index is 12.1. The van der Waals surface area contributed by atoms with Crippen molar-refractivity contribution in [2.45, 2.75) is 25.9 Å². The van der Waals surface area contributed by atoms with Crippen molar-refractivity contribution < 1.29 is 19.4 Å². The fraction of sp³-hybridized carbons (Fsp3) is 0.300. The van der Waals surface area contributed by atoms with Crippen LogP contribution >= 0.6 is 0 Å². The summed E-state index contributed by atoms with van der Waals surface area (Å²) in [7, 11) is 0. The molecule has 1 fully saturated rings. The van der Waals surface area contributed by atoms with Crippen LogP contribution in [0, 0.1) is 5.41 Å². The van der Waals surface area contributed by atoms with Crippen molar-refractivity contribution in [2.24, 2.45) is 5.41 Å². The Hall–Kier alpha value is -2.82. The molecular weight excluding hydrogens is 318 g/mol. The number of ether oxygens (including phenoxy) is 1. The van der Waals surface area contributed by atoms with Crippen molar-refractivity contribution in [2.75, 3.05) is 6.54 Å². The Morgan fingerprint density at radius 1 is 1.08 bits per heavy atom. The monoisotopic (exact) mass is 339 g/mol. The van der Waals surface area contributed by atoms with Gasteiger partial charge in [0.2, 0.25) is 0 Å². The van der Waals surface area contributed by atoms with Crippen LogP contribution in [-0.2, 0) is 9.59 Å². The molecule has 0 aliphatic heterocycles. The summed E-state index contributed by atoms with van der Waals surface area (Å²) in [5, 5.41) is 11.8. The molecule has 1 aliphatic carbocycles. The van der Waals surface area contributed by atoms with Gasteiger partial charge in [-0.25, -0.2) is 0 Å². The average Bonchev–Trinajstić information content (AvgIpc) is 3.42. The normalized spacial score (nSPS) is 15.9. The first-order valence-corrected chi connectivity index (χ1v) is 8.33. The largest absolute Gasteiger partial charge is 0.481 e. The summed E-state index contributed by atoms with van der Waals surface area (Å²) in [5.41, 5.74) is 1.41. The van der Waals surface area contributed by atoms with E-state index >= 15 is 0 Å². The quantitative estimate of drug-likeness (QED) is 0.813. The van der Waals surface area contributed by atoms with Crippen LogP contribution < -0.4 is 10.1 Å². The Balaban J connectivity index is 1.54. The summed E-state index contributed by atoms with van der Waals surface area (Å²) in [6.45, 7) is 1.81. The van der Waals surface area contributed by atoms with E-state index in [0.29, 0.717) is 18.6 Å². The third kappa shape index (κ3) is 3.99. The van der Waals surface area contributed by atoms with Crippen LogP contribution in [0.3, 0.4) is 0 Å². The molecule has 2 aromatic rings. The third-order valence-corrected chi connectivity index (χ3v) is 4.55. The fourth-order valence-electron chi connectivity index (χ4n) is 2.63. The minimum absolute atomic E-state index is 0.155. The van der Waals surface area contributed by atoms with E-state index in [2.05, 4.69) is 5.32 Å². The summed E-state index contributed by atoms with van der Waals surface area (Å²) in [6, 6.07) is 17.5. The molecular formula is C20H21NO4. The lowest BCUT2D eigenvalue weighted by Crippen LogP contribution is -2.41. The average molecular weight is 339 g/mol. The number of carbonyl (C=O) groups is 2. The van der Waals surface area contributed by atoms with Crippen molar-refractivity contribution in [3.63, 3.8) is 0 Å². The topological polar surface area (TPSA) is 75.6 Å². The Bertz CT molecular complexity index is 751. The zero-order chi connectivity index (χ0) is 17.9. The molecule has 0 spiro atoms. The highest BCUT2D eigenvalue weighted by molar-refractivity contribution is 5.83. The van der Waals surface area contributed by atoms with Crippen LogP contribution in [0.2, 0.25) is 0 Å². The standard InChI is InChI=1S/C20H21NO4/c1-14(18(22)21-13-20(11-12-20)19(23)24)25-17-9-7-16(8-10-17)15-5-3-2-4-6-15/h2-10,14H,11-13H2,1H3,(H,21,22)(H,23,24). The van der Waals surface area contributed by atoms with Gasteiger partial charge in [0.1, 0.15) is 5.75 Å². The Morgan fingerprint density at radius 2 is 1.68 bits per heavy atom. The minimum Gasteiger partial charge on any atom is -0.481 e. The fourth-order valence-corrected chi connectivity index (χ4v) is 2.63. The summed E-state index contributed by atoms with van der Waals surface area (Å²) in [6.07, 6.45) is 0.532. The van der Waals surface area contributed by atoms with Gasteiger partial charge in [-0.3, -0.25) is 9.59 Å². The van der Waals surface area contributed by atoms with Crippen LogP contribution in [0.1, 0.15) is 19.8 Å². The molecule has 0 radical (unpaired) electrons. The number of hydrogen-bond donors (Lipinski definition) is 2. The molecule has 0 aromatic heterocycles. The second-order valence-electron chi connectivity index (χ2n) is 6.45. The predicted molar refractivity (Wildman–Crippen MR) is 94.3 cm³/mol. The van der Waals surface area contributed by atoms with Gasteiger partial charge in [-0.15, -0.1) is 0 Å². The maximum Gasteiger partial charge on any atom is 0.311 e. The number of carboxylic acids is 1. The Morgan fingerprint density at radius 3 is 2.24 bits per heavy atom. The second-order valence-corrected chi connectivity index (χ2v) is 6.45. The van der Waals surface area contributed by atoms with Crippen molar-refractivity contribution in [1.29, 1.82) is 0 Å². The molecule has 5 nitrogen and oxygen atoms in total. The number of carboxylic acid groups (broad SMARTS) is 1. The van der Waals surface area contributed by atoms with Gasteiger partial charge in [-0.2, -0.15) is 0 Å². The zero-order valence-corrected chi connectivity index (χ0v) is 14.1. The zero-order valence-electron chi connectivity index (χ0n) is 14.1. The molecule has 0 heterocycles. The number of aliphatic carboxylic acids is 1. The predicted octanol–water partition coefficient (Wildman–Crippen LogP) is 3.10. The van der Waals surface area contributed by atoms with E-state index in [1.54, 1.807) is 6.92 Å².